The Labute approximate surface area is 135 Å². The number of aromatic nitrogens is 1. The lowest BCUT2D eigenvalue weighted by Gasteiger charge is -2.30. The summed E-state index contributed by atoms with van der Waals surface area (Å²) < 4.78 is 2.51. The Kier molecular flexibility index (Phi) is 4.08. The van der Waals surface area contributed by atoms with Crippen LogP contribution in [0, 0.1) is 5.41 Å². The van der Waals surface area contributed by atoms with E-state index in [1.54, 1.807) is 0 Å². The van der Waals surface area contributed by atoms with Crippen molar-refractivity contribution in [3.63, 3.8) is 0 Å². The van der Waals surface area contributed by atoms with Gasteiger partial charge in [0.05, 0.1) is 0 Å². The van der Waals surface area contributed by atoms with Crippen molar-refractivity contribution in [1.29, 1.82) is 0 Å². The first kappa shape index (κ1) is 14.6. The molecule has 0 aliphatic rings. The Morgan fingerprint density at radius 3 is 1.76 bits per heavy atom. The van der Waals surface area contributed by atoms with Gasteiger partial charge in [-0.3, -0.25) is 0 Å². The van der Waals surface area contributed by atoms with Gasteiger partial charge < -0.3 is 4.57 Å². The predicted molar refractivity (Wildman–Crippen MR) is 96.3 cm³/mol. The van der Waals surface area contributed by atoms with E-state index in [1.165, 1.54) is 34.6 Å². The van der Waals surface area contributed by atoms with Crippen LogP contribution in [0.15, 0.2) is 48.5 Å². The van der Waals surface area contributed by atoms with Crippen molar-refractivity contribution in [2.45, 2.75) is 33.2 Å². The fraction of sp³-hybridized carbons (Fsp3) is 0.368. The van der Waals surface area contributed by atoms with Gasteiger partial charge in [0, 0.05) is 33.7 Å². The number of halogens is 1. The Bertz CT molecular complexity index is 691. The molecule has 0 unspecified atom stereocenters. The molecule has 0 atom stereocenters. The second-order valence-corrected chi connectivity index (χ2v) is 6.52. The van der Waals surface area contributed by atoms with Crippen LogP contribution in [0.4, 0.5) is 0 Å². The first-order valence-corrected chi connectivity index (χ1v) is 8.89. The lowest BCUT2D eigenvalue weighted by Crippen LogP contribution is -2.27. The van der Waals surface area contributed by atoms with Crippen LogP contribution in [0.25, 0.3) is 21.8 Å². The van der Waals surface area contributed by atoms with Crippen molar-refractivity contribution >= 4 is 37.7 Å². The van der Waals surface area contributed by atoms with Crippen LogP contribution in [0.2, 0.25) is 0 Å². The van der Waals surface area contributed by atoms with Gasteiger partial charge >= 0.3 is 0 Å². The minimum atomic E-state index is 0.324. The van der Waals surface area contributed by atoms with E-state index in [4.69, 9.17) is 0 Å². The molecule has 3 rings (SSSR count). The third-order valence-electron chi connectivity index (χ3n) is 4.96. The van der Waals surface area contributed by atoms with Gasteiger partial charge in [-0.2, -0.15) is 0 Å². The normalized spacial score (nSPS) is 12.3. The number of hydrogen-bond acceptors (Lipinski definition) is 0. The van der Waals surface area contributed by atoms with Crippen molar-refractivity contribution in [3.8, 4) is 0 Å². The zero-order chi connectivity index (χ0) is 14.9. The molecule has 2 aromatic carbocycles. The topological polar surface area (TPSA) is 4.93 Å². The summed E-state index contributed by atoms with van der Waals surface area (Å²) in [5.41, 5.74) is 3.03. The van der Waals surface area contributed by atoms with Gasteiger partial charge in [0.1, 0.15) is 0 Å². The molecule has 0 spiro atoms. The molecule has 0 radical (unpaired) electrons. The third kappa shape index (κ3) is 2.40. The largest absolute Gasteiger partial charge is 0.340 e. The Hall–Kier alpha value is -1.28. The molecule has 0 amide bonds. The highest BCUT2D eigenvalue weighted by molar-refractivity contribution is 9.09. The molecule has 0 N–H and O–H groups in total. The number of hydrogen-bond donors (Lipinski definition) is 0. The van der Waals surface area contributed by atoms with Gasteiger partial charge in [-0.1, -0.05) is 66.2 Å². The second kappa shape index (κ2) is 5.84. The maximum Gasteiger partial charge on any atom is 0.0491 e. The van der Waals surface area contributed by atoms with E-state index in [1.807, 2.05) is 0 Å². The van der Waals surface area contributed by atoms with Crippen LogP contribution < -0.4 is 0 Å². The Morgan fingerprint density at radius 1 is 0.857 bits per heavy atom. The minimum absolute atomic E-state index is 0.324. The fourth-order valence-electron chi connectivity index (χ4n) is 3.21. The quantitative estimate of drug-likeness (QED) is 0.501. The van der Waals surface area contributed by atoms with Gasteiger partial charge in [-0.05, 0) is 30.4 Å². The van der Waals surface area contributed by atoms with E-state index >= 15 is 0 Å². The highest BCUT2D eigenvalue weighted by atomic mass is 79.9. The molecule has 0 fully saturated rings. The summed E-state index contributed by atoms with van der Waals surface area (Å²) in [6.07, 6.45) is 2.38. The Balaban J connectivity index is 2.24. The average molecular weight is 344 g/mol. The molecule has 0 saturated carbocycles. The predicted octanol–water partition coefficient (Wildman–Crippen LogP) is 6.00. The third-order valence-corrected chi connectivity index (χ3v) is 6.15. The van der Waals surface area contributed by atoms with E-state index in [9.17, 15) is 0 Å². The molecule has 110 valence electrons. The van der Waals surface area contributed by atoms with Crippen LogP contribution >= 0.6 is 15.9 Å². The van der Waals surface area contributed by atoms with E-state index in [2.05, 4.69) is 82.9 Å². The van der Waals surface area contributed by atoms with E-state index in [0.29, 0.717) is 5.41 Å². The molecule has 1 nitrogen and oxygen atoms in total. The van der Waals surface area contributed by atoms with Crippen LogP contribution in [-0.2, 0) is 6.54 Å². The summed E-state index contributed by atoms with van der Waals surface area (Å²) in [4.78, 5) is 0. The Morgan fingerprint density at radius 2 is 1.33 bits per heavy atom. The lowest BCUT2D eigenvalue weighted by molar-refractivity contribution is 0.266. The summed E-state index contributed by atoms with van der Waals surface area (Å²) in [7, 11) is 0. The number of benzene rings is 2. The second-order valence-electron chi connectivity index (χ2n) is 5.96. The van der Waals surface area contributed by atoms with E-state index in [0.717, 1.165) is 11.9 Å². The number of para-hydroxylation sites is 2. The monoisotopic (exact) mass is 343 g/mol. The summed E-state index contributed by atoms with van der Waals surface area (Å²) in [6, 6.07) is 17.5. The van der Waals surface area contributed by atoms with Gasteiger partial charge in [0.25, 0.3) is 0 Å². The number of alkyl halides is 1. The van der Waals surface area contributed by atoms with Gasteiger partial charge in [-0.25, -0.2) is 0 Å². The smallest absolute Gasteiger partial charge is 0.0491 e. The van der Waals surface area contributed by atoms with Crippen molar-refractivity contribution in [3.05, 3.63) is 48.5 Å². The lowest BCUT2D eigenvalue weighted by atomic mass is 9.84. The molecule has 2 heteroatoms. The molecule has 0 saturated heterocycles. The highest BCUT2D eigenvalue weighted by Crippen LogP contribution is 2.36. The maximum absolute atomic E-state index is 3.75. The van der Waals surface area contributed by atoms with Crippen LogP contribution in [0.1, 0.15) is 26.7 Å². The number of rotatable bonds is 5. The zero-order valence-electron chi connectivity index (χ0n) is 12.8. The first-order valence-electron chi connectivity index (χ1n) is 7.76. The fourth-order valence-corrected chi connectivity index (χ4v) is 4.18. The van der Waals surface area contributed by atoms with Gasteiger partial charge in [0.15, 0.2) is 0 Å². The summed E-state index contributed by atoms with van der Waals surface area (Å²) in [5, 5.41) is 3.78. The zero-order valence-corrected chi connectivity index (χ0v) is 14.4. The maximum atomic E-state index is 3.75. The molecule has 3 aromatic rings. The molecule has 0 bridgehead atoms. The molecule has 1 aromatic heterocycles. The molecule has 0 aliphatic carbocycles. The summed E-state index contributed by atoms with van der Waals surface area (Å²) in [6.45, 7) is 5.68. The van der Waals surface area contributed by atoms with Crippen molar-refractivity contribution in [2.75, 3.05) is 5.33 Å². The molecular weight excluding hydrogens is 322 g/mol. The summed E-state index contributed by atoms with van der Waals surface area (Å²) >= 11 is 3.75. The van der Waals surface area contributed by atoms with E-state index in [-0.39, 0.29) is 0 Å². The highest BCUT2D eigenvalue weighted by Gasteiger charge is 2.26. The van der Waals surface area contributed by atoms with Crippen molar-refractivity contribution in [2.24, 2.45) is 5.41 Å². The number of nitrogens with zero attached hydrogens (tertiary/aromatic N) is 1. The SMILES string of the molecule is CCC(CC)(CBr)Cn1c2ccccc2c2ccccc21. The molecule has 0 aliphatic heterocycles. The average Bonchev–Trinajstić information content (AvgIpc) is 2.87. The standard InChI is InChI=1S/C19H22BrN/c1-3-19(4-2,13-20)14-21-17-11-7-5-9-15(17)16-10-6-8-12-18(16)21/h5-12H,3-4,13-14H2,1-2H3. The van der Waals surface area contributed by atoms with Gasteiger partial charge in [0.2, 0.25) is 0 Å². The summed E-state index contributed by atoms with van der Waals surface area (Å²) in [5.74, 6) is 0. The minimum Gasteiger partial charge on any atom is -0.340 e. The van der Waals surface area contributed by atoms with Crippen molar-refractivity contribution < 1.29 is 0 Å². The number of fused-ring (bicyclic) bond motifs is 3. The van der Waals surface area contributed by atoms with Gasteiger partial charge in [-0.15, -0.1) is 0 Å². The van der Waals surface area contributed by atoms with Crippen LogP contribution in [0.5, 0.6) is 0 Å². The molecular formula is C19H22BrN. The van der Waals surface area contributed by atoms with Crippen molar-refractivity contribution in [1.82, 2.24) is 4.57 Å². The van der Waals surface area contributed by atoms with Crippen LogP contribution in [0.3, 0.4) is 0 Å². The van der Waals surface area contributed by atoms with Crippen LogP contribution in [-0.4, -0.2) is 9.90 Å². The molecule has 1 heterocycles. The van der Waals surface area contributed by atoms with E-state index < -0.39 is 0 Å². The molecule has 21 heavy (non-hydrogen) atoms. The first-order chi connectivity index (χ1) is 10.2.